The first-order chi connectivity index (χ1) is 7.12. The zero-order chi connectivity index (χ0) is 10.9. The van der Waals surface area contributed by atoms with Crippen LogP contribution in [0.25, 0.3) is 0 Å². The fourth-order valence-corrected chi connectivity index (χ4v) is 2.28. The van der Waals surface area contributed by atoms with Crippen molar-refractivity contribution in [2.45, 2.75) is 31.5 Å². The Morgan fingerprint density at radius 3 is 2.60 bits per heavy atom. The fraction of sp³-hybridized carbons (Fsp3) is 0.500. The summed E-state index contributed by atoms with van der Waals surface area (Å²) in [4.78, 5) is 0. The molecular weight excluding hydrogens is 256 g/mol. The van der Waals surface area contributed by atoms with Crippen molar-refractivity contribution in [3.05, 3.63) is 34.3 Å². The molecule has 2 rings (SSSR count). The minimum absolute atomic E-state index is 0.409. The molecule has 0 bridgehead atoms. The number of halogens is 1. The Balaban J connectivity index is 2.19. The lowest BCUT2D eigenvalue weighted by Gasteiger charge is -2.29. The molecule has 3 heteroatoms. The van der Waals surface area contributed by atoms with Crippen LogP contribution < -0.4 is 0 Å². The minimum atomic E-state index is -0.534. The molecule has 0 saturated carbocycles. The summed E-state index contributed by atoms with van der Waals surface area (Å²) in [5.74, 6) is 0. The van der Waals surface area contributed by atoms with Crippen LogP contribution in [-0.2, 0) is 4.74 Å². The van der Waals surface area contributed by atoms with Gasteiger partial charge in [0.1, 0.15) is 6.10 Å². The Labute approximate surface area is 98.4 Å². The largest absolute Gasteiger partial charge is 0.385 e. The number of ether oxygens (including phenoxy) is 1. The smallest absolute Gasteiger partial charge is 0.108 e. The first-order valence-corrected chi connectivity index (χ1v) is 5.99. The van der Waals surface area contributed by atoms with Gasteiger partial charge in [-0.25, -0.2) is 0 Å². The van der Waals surface area contributed by atoms with E-state index in [0.29, 0.717) is 0 Å². The van der Waals surface area contributed by atoms with Gasteiger partial charge in [-0.2, -0.15) is 0 Å². The third-order valence-electron chi connectivity index (χ3n) is 3.01. The van der Waals surface area contributed by atoms with Crippen molar-refractivity contribution < 1.29 is 9.84 Å². The highest BCUT2D eigenvalue weighted by atomic mass is 79.9. The van der Waals surface area contributed by atoms with E-state index in [2.05, 4.69) is 15.9 Å². The molecule has 82 valence electrons. The highest BCUT2D eigenvalue weighted by Gasteiger charge is 2.38. The van der Waals surface area contributed by atoms with Crippen LogP contribution in [0.5, 0.6) is 0 Å². The van der Waals surface area contributed by atoms with E-state index < -0.39 is 11.7 Å². The van der Waals surface area contributed by atoms with Gasteiger partial charge < -0.3 is 9.84 Å². The summed E-state index contributed by atoms with van der Waals surface area (Å²) < 4.78 is 6.65. The summed E-state index contributed by atoms with van der Waals surface area (Å²) in [6.45, 7) is 2.73. The summed E-state index contributed by atoms with van der Waals surface area (Å²) in [5, 5.41) is 10.2. The van der Waals surface area contributed by atoms with Crippen LogP contribution in [0.1, 0.15) is 31.4 Å². The summed E-state index contributed by atoms with van der Waals surface area (Å²) in [6.07, 6.45) is 1.42. The Morgan fingerprint density at radius 1 is 1.40 bits per heavy atom. The van der Waals surface area contributed by atoms with Crippen molar-refractivity contribution in [3.8, 4) is 0 Å². The predicted octanol–water partition coefficient (Wildman–Crippen LogP) is 3.05. The molecule has 0 amide bonds. The van der Waals surface area contributed by atoms with Gasteiger partial charge in [-0.3, -0.25) is 0 Å². The molecule has 0 aliphatic carbocycles. The second-order valence-corrected chi connectivity index (χ2v) is 5.13. The zero-order valence-electron chi connectivity index (χ0n) is 8.74. The number of hydrogen-bond acceptors (Lipinski definition) is 2. The second kappa shape index (κ2) is 4.24. The topological polar surface area (TPSA) is 29.5 Å². The molecule has 0 spiro atoms. The summed E-state index contributed by atoms with van der Waals surface area (Å²) in [7, 11) is 0. The number of benzene rings is 1. The minimum Gasteiger partial charge on any atom is -0.385 e. The van der Waals surface area contributed by atoms with E-state index in [4.69, 9.17) is 4.74 Å². The Morgan fingerprint density at radius 2 is 2.07 bits per heavy atom. The maximum Gasteiger partial charge on any atom is 0.108 e. The molecule has 1 aromatic rings. The van der Waals surface area contributed by atoms with Gasteiger partial charge in [-0.05, 0) is 37.5 Å². The van der Waals surface area contributed by atoms with Gasteiger partial charge >= 0.3 is 0 Å². The van der Waals surface area contributed by atoms with Gasteiger partial charge in [-0.15, -0.1) is 0 Å². The van der Waals surface area contributed by atoms with Gasteiger partial charge in [0, 0.05) is 11.1 Å². The van der Waals surface area contributed by atoms with Crippen LogP contribution in [0.15, 0.2) is 28.7 Å². The number of aliphatic hydroxyl groups is 1. The van der Waals surface area contributed by atoms with E-state index >= 15 is 0 Å². The van der Waals surface area contributed by atoms with Crippen LogP contribution in [0.3, 0.4) is 0 Å². The first-order valence-electron chi connectivity index (χ1n) is 5.19. The third kappa shape index (κ3) is 2.25. The van der Waals surface area contributed by atoms with E-state index in [-0.39, 0.29) is 0 Å². The van der Waals surface area contributed by atoms with Gasteiger partial charge in [-0.1, -0.05) is 28.1 Å². The normalized spacial score (nSPS) is 27.9. The van der Waals surface area contributed by atoms with Gasteiger partial charge in [0.2, 0.25) is 0 Å². The van der Waals surface area contributed by atoms with Gasteiger partial charge in [0.25, 0.3) is 0 Å². The van der Waals surface area contributed by atoms with Gasteiger partial charge in [0.05, 0.1) is 5.60 Å². The second-order valence-electron chi connectivity index (χ2n) is 4.22. The lowest BCUT2D eigenvalue weighted by atomic mass is 9.90. The quantitative estimate of drug-likeness (QED) is 0.895. The standard InChI is InChI=1S/C12H15BrO2/c1-12(7-2-8-15-12)11(14)9-3-5-10(13)6-4-9/h3-6,11,14H,2,7-8H2,1H3. The Kier molecular flexibility index (Phi) is 3.14. The van der Waals surface area contributed by atoms with Crippen molar-refractivity contribution >= 4 is 15.9 Å². The van der Waals surface area contributed by atoms with Crippen molar-refractivity contribution in [1.82, 2.24) is 0 Å². The fourth-order valence-electron chi connectivity index (χ4n) is 2.01. The lowest BCUT2D eigenvalue weighted by molar-refractivity contribution is -0.0796. The molecule has 1 aromatic carbocycles. The summed E-state index contributed by atoms with van der Waals surface area (Å²) >= 11 is 3.38. The van der Waals surface area contributed by atoms with Crippen molar-refractivity contribution in [1.29, 1.82) is 0 Å². The lowest BCUT2D eigenvalue weighted by Crippen LogP contribution is -2.31. The van der Waals surface area contributed by atoms with Crippen LogP contribution >= 0.6 is 15.9 Å². The molecule has 15 heavy (non-hydrogen) atoms. The average Bonchev–Trinajstić information content (AvgIpc) is 2.67. The molecule has 2 atom stereocenters. The van der Waals surface area contributed by atoms with E-state index in [0.717, 1.165) is 29.5 Å². The van der Waals surface area contributed by atoms with Crippen molar-refractivity contribution in [3.63, 3.8) is 0 Å². The molecule has 1 saturated heterocycles. The molecule has 0 radical (unpaired) electrons. The molecular formula is C12H15BrO2. The van der Waals surface area contributed by atoms with Crippen LogP contribution in [0, 0.1) is 0 Å². The summed E-state index contributed by atoms with van der Waals surface area (Å²) in [5.41, 5.74) is 0.510. The monoisotopic (exact) mass is 270 g/mol. The number of aliphatic hydroxyl groups excluding tert-OH is 1. The Hall–Kier alpha value is -0.380. The van der Waals surface area contributed by atoms with Crippen LogP contribution in [-0.4, -0.2) is 17.3 Å². The molecule has 1 aliphatic heterocycles. The molecule has 0 aromatic heterocycles. The number of rotatable bonds is 2. The molecule has 1 N–H and O–H groups in total. The zero-order valence-corrected chi connectivity index (χ0v) is 10.3. The van der Waals surface area contributed by atoms with Crippen LogP contribution in [0.2, 0.25) is 0 Å². The molecule has 2 nitrogen and oxygen atoms in total. The van der Waals surface area contributed by atoms with E-state index in [1.54, 1.807) is 0 Å². The maximum absolute atomic E-state index is 10.2. The summed E-state index contributed by atoms with van der Waals surface area (Å²) in [6, 6.07) is 7.75. The molecule has 1 heterocycles. The van der Waals surface area contributed by atoms with Crippen LogP contribution in [0.4, 0.5) is 0 Å². The highest BCUT2D eigenvalue weighted by molar-refractivity contribution is 9.10. The average molecular weight is 271 g/mol. The maximum atomic E-state index is 10.2. The van der Waals surface area contributed by atoms with Crippen molar-refractivity contribution in [2.75, 3.05) is 6.61 Å². The first kappa shape index (κ1) is 11.1. The van der Waals surface area contributed by atoms with Gasteiger partial charge in [0.15, 0.2) is 0 Å². The third-order valence-corrected chi connectivity index (χ3v) is 3.54. The SMILES string of the molecule is CC1(C(O)c2ccc(Br)cc2)CCCO1. The van der Waals surface area contributed by atoms with E-state index in [1.807, 2.05) is 31.2 Å². The Bertz CT molecular complexity index is 328. The van der Waals surface area contributed by atoms with E-state index in [9.17, 15) is 5.11 Å². The molecule has 1 fully saturated rings. The molecule has 1 aliphatic rings. The molecule has 2 unspecified atom stereocenters. The van der Waals surface area contributed by atoms with E-state index in [1.165, 1.54) is 0 Å². The predicted molar refractivity (Wildman–Crippen MR) is 62.7 cm³/mol. The van der Waals surface area contributed by atoms with Crippen molar-refractivity contribution in [2.24, 2.45) is 0 Å². The highest BCUT2D eigenvalue weighted by Crippen LogP contribution is 2.37. The number of hydrogen-bond donors (Lipinski definition) is 1.